The van der Waals surface area contributed by atoms with Gasteiger partial charge in [0.2, 0.25) is 0 Å². The second-order valence-corrected chi connectivity index (χ2v) is 6.34. The van der Waals surface area contributed by atoms with Crippen LogP contribution in [0.25, 0.3) is 0 Å². The summed E-state index contributed by atoms with van der Waals surface area (Å²) in [6.45, 7) is 6.90. The fourth-order valence-electron chi connectivity index (χ4n) is 1.04. The van der Waals surface area contributed by atoms with Gasteiger partial charge < -0.3 is 9.22 Å². The normalized spacial score (nSPS) is 14.0. The van der Waals surface area contributed by atoms with Gasteiger partial charge in [-0.3, -0.25) is 0 Å². The van der Waals surface area contributed by atoms with Crippen molar-refractivity contribution in [2.75, 3.05) is 6.61 Å². The standard InChI is InChI=1S/C11H18O2Si/c1-11(2,3)9-13-14(12)10-7-5-4-6-8-10/h4-8,12,14H,9H2,1-3H3. The van der Waals surface area contributed by atoms with Crippen LogP contribution in [-0.2, 0) is 4.43 Å². The zero-order valence-corrected chi connectivity index (χ0v) is 10.2. The number of rotatable bonds is 3. The summed E-state index contributed by atoms with van der Waals surface area (Å²) in [6.07, 6.45) is 0. The van der Waals surface area contributed by atoms with Crippen LogP contribution in [0, 0.1) is 5.41 Å². The Morgan fingerprint density at radius 1 is 1.21 bits per heavy atom. The highest BCUT2D eigenvalue weighted by atomic mass is 28.3. The van der Waals surface area contributed by atoms with Crippen molar-refractivity contribution in [3.8, 4) is 0 Å². The van der Waals surface area contributed by atoms with Crippen LogP contribution in [-0.4, -0.2) is 20.7 Å². The third-order valence-corrected chi connectivity index (χ3v) is 3.20. The molecule has 1 aromatic rings. The summed E-state index contributed by atoms with van der Waals surface area (Å²) in [4.78, 5) is 9.80. The third-order valence-electron chi connectivity index (χ3n) is 1.76. The fourth-order valence-corrected chi connectivity index (χ4v) is 2.44. The minimum absolute atomic E-state index is 0.114. The molecule has 0 aliphatic heterocycles. The van der Waals surface area contributed by atoms with E-state index in [-0.39, 0.29) is 5.41 Å². The summed E-state index contributed by atoms with van der Waals surface area (Å²) in [5.41, 5.74) is 0.114. The van der Waals surface area contributed by atoms with Gasteiger partial charge in [0.25, 0.3) is 0 Å². The molecule has 1 rings (SSSR count). The number of hydrogen-bond acceptors (Lipinski definition) is 2. The molecule has 0 aromatic heterocycles. The zero-order valence-electron chi connectivity index (χ0n) is 9.03. The van der Waals surface area contributed by atoms with Gasteiger partial charge in [0, 0.05) is 6.61 Å². The summed E-state index contributed by atoms with van der Waals surface area (Å²) in [5, 5.41) is 0.941. The molecule has 0 amide bonds. The first-order valence-corrected chi connectivity index (χ1v) is 6.40. The molecule has 0 aliphatic rings. The van der Waals surface area contributed by atoms with Gasteiger partial charge in [0.1, 0.15) is 0 Å². The summed E-state index contributed by atoms with van der Waals surface area (Å²) in [5.74, 6) is 0. The van der Waals surface area contributed by atoms with E-state index >= 15 is 0 Å². The fraction of sp³-hybridized carbons (Fsp3) is 0.455. The molecule has 0 aliphatic carbocycles. The second kappa shape index (κ2) is 4.73. The molecule has 0 heterocycles. The Bertz CT molecular complexity index is 266. The molecule has 1 aromatic carbocycles. The van der Waals surface area contributed by atoms with Crippen molar-refractivity contribution in [3.63, 3.8) is 0 Å². The van der Waals surface area contributed by atoms with Gasteiger partial charge in [-0.05, 0) is 10.6 Å². The summed E-state index contributed by atoms with van der Waals surface area (Å²) in [6, 6.07) is 9.62. The Labute approximate surface area is 87.4 Å². The average molecular weight is 210 g/mol. The minimum Gasteiger partial charge on any atom is -0.410 e. The summed E-state index contributed by atoms with van der Waals surface area (Å²) < 4.78 is 5.49. The van der Waals surface area contributed by atoms with Crippen molar-refractivity contribution in [2.24, 2.45) is 5.41 Å². The van der Waals surface area contributed by atoms with Crippen LogP contribution < -0.4 is 5.19 Å². The predicted octanol–water partition coefficient (Wildman–Crippen LogP) is 1.17. The highest BCUT2D eigenvalue weighted by molar-refractivity contribution is 6.59. The number of hydrogen-bond donors (Lipinski definition) is 1. The Kier molecular flexibility index (Phi) is 3.86. The lowest BCUT2D eigenvalue weighted by Crippen LogP contribution is -2.36. The molecule has 0 fully saturated rings. The topological polar surface area (TPSA) is 29.5 Å². The van der Waals surface area contributed by atoms with Crippen LogP contribution in [0.15, 0.2) is 30.3 Å². The lowest BCUT2D eigenvalue weighted by molar-refractivity contribution is 0.174. The summed E-state index contributed by atoms with van der Waals surface area (Å²) >= 11 is 0. The van der Waals surface area contributed by atoms with Crippen LogP contribution in [0.4, 0.5) is 0 Å². The molecule has 1 atom stereocenters. The largest absolute Gasteiger partial charge is 0.410 e. The van der Waals surface area contributed by atoms with Crippen LogP contribution in [0.5, 0.6) is 0 Å². The number of benzene rings is 1. The van der Waals surface area contributed by atoms with E-state index in [4.69, 9.17) is 4.43 Å². The maximum atomic E-state index is 9.80. The molecule has 3 heteroatoms. The first-order valence-electron chi connectivity index (χ1n) is 4.84. The van der Waals surface area contributed by atoms with Gasteiger partial charge in [-0.2, -0.15) is 0 Å². The van der Waals surface area contributed by atoms with Crippen molar-refractivity contribution in [1.82, 2.24) is 0 Å². The van der Waals surface area contributed by atoms with Gasteiger partial charge in [-0.25, -0.2) is 0 Å². The van der Waals surface area contributed by atoms with E-state index in [0.29, 0.717) is 6.61 Å². The van der Waals surface area contributed by atoms with E-state index in [9.17, 15) is 4.80 Å². The molecule has 2 nitrogen and oxygen atoms in total. The highest BCUT2D eigenvalue weighted by Crippen LogP contribution is 2.12. The molecular weight excluding hydrogens is 192 g/mol. The molecule has 0 saturated carbocycles. The second-order valence-electron chi connectivity index (χ2n) is 4.63. The molecular formula is C11H18O2Si. The van der Waals surface area contributed by atoms with Gasteiger partial charge in [0.05, 0.1) is 0 Å². The zero-order chi connectivity index (χ0) is 10.6. The lowest BCUT2D eigenvalue weighted by atomic mass is 9.99. The predicted molar refractivity (Wildman–Crippen MR) is 60.9 cm³/mol. The minimum atomic E-state index is -2.16. The first-order chi connectivity index (χ1) is 6.49. The maximum Gasteiger partial charge on any atom is 0.353 e. The van der Waals surface area contributed by atoms with E-state index in [2.05, 4.69) is 20.8 Å². The van der Waals surface area contributed by atoms with Crippen molar-refractivity contribution >= 4 is 14.5 Å². The molecule has 0 saturated heterocycles. The van der Waals surface area contributed by atoms with E-state index in [1.165, 1.54) is 0 Å². The monoisotopic (exact) mass is 210 g/mol. The SMILES string of the molecule is CC(C)(C)CO[SiH](O)c1ccccc1. The van der Waals surface area contributed by atoms with Crippen LogP contribution in [0.3, 0.4) is 0 Å². The lowest BCUT2D eigenvalue weighted by Gasteiger charge is -2.20. The Morgan fingerprint density at radius 3 is 2.29 bits per heavy atom. The Hall–Kier alpha value is -0.643. The van der Waals surface area contributed by atoms with Crippen LogP contribution >= 0.6 is 0 Å². The van der Waals surface area contributed by atoms with E-state index in [0.717, 1.165) is 5.19 Å². The van der Waals surface area contributed by atoms with Gasteiger partial charge >= 0.3 is 9.28 Å². The maximum absolute atomic E-state index is 9.80. The van der Waals surface area contributed by atoms with Gasteiger partial charge in [-0.1, -0.05) is 51.1 Å². The van der Waals surface area contributed by atoms with E-state index in [1.54, 1.807) is 0 Å². The van der Waals surface area contributed by atoms with Crippen molar-refractivity contribution in [2.45, 2.75) is 20.8 Å². The Balaban J connectivity index is 2.48. The van der Waals surface area contributed by atoms with Crippen molar-refractivity contribution in [3.05, 3.63) is 30.3 Å². The van der Waals surface area contributed by atoms with Crippen LogP contribution in [0.1, 0.15) is 20.8 Å². The quantitative estimate of drug-likeness (QED) is 0.759. The molecule has 1 N–H and O–H groups in total. The van der Waals surface area contributed by atoms with E-state index in [1.807, 2.05) is 30.3 Å². The molecule has 14 heavy (non-hydrogen) atoms. The highest BCUT2D eigenvalue weighted by Gasteiger charge is 2.16. The van der Waals surface area contributed by atoms with Crippen molar-refractivity contribution in [1.29, 1.82) is 0 Å². The smallest absolute Gasteiger partial charge is 0.353 e. The van der Waals surface area contributed by atoms with Gasteiger partial charge in [-0.15, -0.1) is 0 Å². The average Bonchev–Trinajstić information content (AvgIpc) is 2.14. The third kappa shape index (κ3) is 4.04. The molecule has 78 valence electrons. The van der Waals surface area contributed by atoms with E-state index < -0.39 is 9.28 Å². The molecule has 0 spiro atoms. The van der Waals surface area contributed by atoms with Crippen LogP contribution in [0.2, 0.25) is 0 Å². The Morgan fingerprint density at radius 2 is 1.79 bits per heavy atom. The molecule has 0 bridgehead atoms. The van der Waals surface area contributed by atoms with Gasteiger partial charge in [0.15, 0.2) is 0 Å². The molecule has 1 unspecified atom stereocenters. The first kappa shape index (κ1) is 11.4. The van der Waals surface area contributed by atoms with Crippen molar-refractivity contribution < 1.29 is 9.22 Å². The summed E-state index contributed by atoms with van der Waals surface area (Å²) in [7, 11) is -2.16. The molecule has 0 radical (unpaired) electrons.